The van der Waals surface area contributed by atoms with Gasteiger partial charge in [0.05, 0.1) is 0 Å². The van der Waals surface area contributed by atoms with Crippen molar-refractivity contribution in [2.24, 2.45) is 5.92 Å². The molecule has 76 valence electrons. The summed E-state index contributed by atoms with van der Waals surface area (Å²) in [5, 5.41) is 0. The van der Waals surface area contributed by atoms with Gasteiger partial charge < -0.3 is 5.73 Å². The lowest BCUT2D eigenvalue weighted by Gasteiger charge is -2.20. The molecule has 0 radical (unpaired) electrons. The fourth-order valence-corrected chi connectivity index (χ4v) is 1.68. The van der Waals surface area contributed by atoms with Gasteiger partial charge in [0.25, 0.3) is 0 Å². The molecule has 1 aromatic rings. The lowest BCUT2D eigenvalue weighted by molar-refractivity contribution is 0.503. The summed E-state index contributed by atoms with van der Waals surface area (Å²) in [5.74, 6) is 1.63. The lowest BCUT2D eigenvalue weighted by atomic mass is 9.86. The van der Waals surface area contributed by atoms with Crippen molar-refractivity contribution in [1.29, 1.82) is 0 Å². The van der Waals surface area contributed by atoms with Gasteiger partial charge in [-0.05, 0) is 29.9 Å². The molecule has 1 heterocycles. The van der Waals surface area contributed by atoms with Crippen molar-refractivity contribution in [2.75, 3.05) is 5.73 Å². The van der Waals surface area contributed by atoms with Crippen LogP contribution in [-0.4, -0.2) is 4.98 Å². The van der Waals surface area contributed by atoms with E-state index in [1.165, 1.54) is 0 Å². The van der Waals surface area contributed by atoms with Gasteiger partial charge in [0.1, 0.15) is 5.82 Å². The molecule has 1 atom stereocenters. The van der Waals surface area contributed by atoms with Crippen LogP contribution in [0.1, 0.15) is 31.7 Å². The Morgan fingerprint density at radius 3 is 2.79 bits per heavy atom. The molecule has 0 aliphatic heterocycles. The minimum atomic E-state index is 0.432. The summed E-state index contributed by atoms with van der Waals surface area (Å²) >= 11 is 0. The van der Waals surface area contributed by atoms with Crippen LogP contribution >= 0.6 is 0 Å². The molecule has 0 saturated heterocycles. The van der Waals surface area contributed by atoms with E-state index in [-0.39, 0.29) is 0 Å². The van der Waals surface area contributed by atoms with Gasteiger partial charge in [-0.2, -0.15) is 0 Å². The molecule has 1 rings (SSSR count). The molecule has 0 spiro atoms. The molecule has 0 bridgehead atoms. The van der Waals surface area contributed by atoms with Gasteiger partial charge in [0, 0.05) is 6.20 Å². The summed E-state index contributed by atoms with van der Waals surface area (Å²) < 4.78 is 0. The normalized spacial score (nSPS) is 12.8. The minimum absolute atomic E-state index is 0.432. The summed E-state index contributed by atoms with van der Waals surface area (Å²) in [6.07, 6.45) is 4.62. The highest BCUT2D eigenvalue weighted by Crippen LogP contribution is 2.30. The minimum Gasteiger partial charge on any atom is -0.383 e. The van der Waals surface area contributed by atoms with Crippen molar-refractivity contribution >= 4 is 5.82 Å². The van der Waals surface area contributed by atoms with Crippen LogP contribution in [0, 0.1) is 5.92 Å². The van der Waals surface area contributed by atoms with E-state index in [1.54, 1.807) is 6.20 Å². The van der Waals surface area contributed by atoms with E-state index in [9.17, 15) is 0 Å². The Morgan fingerprint density at radius 2 is 2.29 bits per heavy atom. The Bertz CT molecular complexity index is 305. The van der Waals surface area contributed by atoms with Crippen LogP contribution in [0.4, 0.5) is 5.82 Å². The summed E-state index contributed by atoms with van der Waals surface area (Å²) in [4.78, 5) is 4.11. The molecule has 0 saturated carbocycles. The van der Waals surface area contributed by atoms with Crippen LogP contribution < -0.4 is 5.73 Å². The van der Waals surface area contributed by atoms with Gasteiger partial charge in [-0.3, -0.25) is 0 Å². The third kappa shape index (κ3) is 2.34. The zero-order valence-electron chi connectivity index (χ0n) is 8.90. The molecule has 0 aliphatic rings. The fraction of sp³-hybridized carbons (Fsp3) is 0.417. The zero-order valence-corrected chi connectivity index (χ0v) is 8.90. The molecule has 14 heavy (non-hydrogen) atoms. The predicted octanol–water partition coefficient (Wildman–Crippen LogP) is 2.98. The maximum atomic E-state index is 5.84. The van der Waals surface area contributed by atoms with Gasteiger partial charge in [0.2, 0.25) is 0 Å². The molecule has 2 N–H and O–H groups in total. The first kappa shape index (κ1) is 10.8. The number of anilines is 1. The second-order valence-corrected chi connectivity index (χ2v) is 3.85. The van der Waals surface area contributed by atoms with E-state index >= 15 is 0 Å². The van der Waals surface area contributed by atoms with E-state index in [2.05, 4.69) is 31.5 Å². The molecule has 2 nitrogen and oxygen atoms in total. The first-order valence-electron chi connectivity index (χ1n) is 4.98. The molecule has 0 fully saturated rings. The number of nitrogens with zero attached hydrogens (tertiary/aromatic N) is 1. The quantitative estimate of drug-likeness (QED) is 0.741. The van der Waals surface area contributed by atoms with Crippen LogP contribution in [0.5, 0.6) is 0 Å². The maximum Gasteiger partial charge on any atom is 0.126 e. The Labute approximate surface area is 85.9 Å². The van der Waals surface area contributed by atoms with Crippen LogP contribution in [-0.2, 0) is 0 Å². The molecule has 1 aromatic heterocycles. The van der Waals surface area contributed by atoms with Crippen molar-refractivity contribution in [1.82, 2.24) is 4.98 Å². The van der Waals surface area contributed by atoms with Gasteiger partial charge in [0.15, 0.2) is 0 Å². The fourth-order valence-electron chi connectivity index (χ4n) is 1.68. The van der Waals surface area contributed by atoms with E-state index in [4.69, 9.17) is 5.73 Å². The van der Waals surface area contributed by atoms with Crippen LogP contribution in [0.3, 0.4) is 0 Å². The lowest BCUT2D eigenvalue weighted by Crippen LogP contribution is -2.09. The van der Waals surface area contributed by atoms with E-state index < -0.39 is 0 Å². The summed E-state index contributed by atoms with van der Waals surface area (Å²) in [6.45, 7) is 8.17. The Morgan fingerprint density at radius 1 is 1.57 bits per heavy atom. The topological polar surface area (TPSA) is 38.9 Å². The molecule has 0 amide bonds. The summed E-state index contributed by atoms with van der Waals surface area (Å²) in [6, 6.07) is 3.99. The summed E-state index contributed by atoms with van der Waals surface area (Å²) in [7, 11) is 0. The SMILES string of the molecule is C=CCC(c1cccnc1N)C(C)C. The molecule has 0 aliphatic carbocycles. The first-order valence-corrected chi connectivity index (χ1v) is 4.98. The van der Waals surface area contributed by atoms with Gasteiger partial charge in [-0.25, -0.2) is 4.98 Å². The number of nitrogens with two attached hydrogens (primary N) is 1. The average Bonchev–Trinajstić information content (AvgIpc) is 2.15. The molecular formula is C12H18N2. The standard InChI is InChI=1S/C12H18N2/c1-4-6-10(9(2)3)11-7-5-8-14-12(11)13/h4-5,7-10H,1,6H2,2-3H3,(H2,13,14). The smallest absolute Gasteiger partial charge is 0.126 e. The number of rotatable bonds is 4. The first-order chi connectivity index (χ1) is 6.66. The van der Waals surface area contributed by atoms with Gasteiger partial charge >= 0.3 is 0 Å². The van der Waals surface area contributed by atoms with Gasteiger partial charge in [-0.1, -0.05) is 26.0 Å². The third-order valence-corrected chi connectivity index (χ3v) is 2.50. The molecule has 2 heteroatoms. The van der Waals surface area contributed by atoms with Crippen molar-refractivity contribution in [3.05, 3.63) is 36.5 Å². The predicted molar refractivity (Wildman–Crippen MR) is 61.0 cm³/mol. The molecule has 1 unspecified atom stereocenters. The Hall–Kier alpha value is -1.31. The number of aromatic nitrogens is 1. The van der Waals surface area contributed by atoms with Crippen LogP contribution in [0.2, 0.25) is 0 Å². The van der Waals surface area contributed by atoms with Crippen molar-refractivity contribution in [3.8, 4) is 0 Å². The van der Waals surface area contributed by atoms with Crippen molar-refractivity contribution in [3.63, 3.8) is 0 Å². The van der Waals surface area contributed by atoms with E-state index in [0.29, 0.717) is 17.7 Å². The highest BCUT2D eigenvalue weighted by atomic mass is 14.8. The van der Waals surface area contributed by atoms with E-state index in [1.807, 2.05) is 12.1 Å². The Balaban J connectivity index is 2.98. The number of allylic oxidation sites excluding steroid dienone is 1. The number of hydrogen-bond donors (Lipinski definition) is 1. The number of pyridine rings is 1. The highest BCUT2D eigenvalue weighted by Gasteiger charge is 2.16. The zero-order chi connectivity index (χ0) is 10.6. The number of nitrogen functional groups attached to an aromatic ring is 1. The second-order valence-electron chi connectivity index (χ2n) is 3.85. The maximum absolute atomic E-state index is 5.84. The molecule has 0 aromatic carbocycles. The largest absolute Gasteiger partial charge is 0.383 e. The Kier molecular flexibility index (Phi) is 3.69. The molecular weight excluding hydrogens is 172 g/mol. The van der Waals surface area contributed by atoms with Crippen molar-refractivity contribution < 1.29 is 0 Å². The monoisotopic (exact) mass is 190 g/mol. The third-order valence-electron chi connectivity index (χ3n) is 2.50. The van der Waals surface area contributed by atoms with E-state index in [0.717, 1.165) is 12.0 Å². The number of hydrogen-bond acceptors (Lipinski definition) is 2. The summed E-state index contributed by atoms with van der Waals surface area (Å²) in [5.41, 5.74) is 6.99. The van der Waals surface area contributed by atoms with Crippen LogP contribution in [0.25, 0.3) is 0 Å². The second kappa shape index (κ2) is 4.80. The van der Waals surface area contributed by atoms with Crippen LogP contribution in [0.15, 0.2) is 31.0 Å². The van der Waals surface area contributed by atoms with Crippen molar-refractivity contribution in [2.45, 2.75) is 26.2 Å². The van der Waals surface area contributed by atoms with Gasteiger partial charge in [-0.15, -0.1) is 6.58 Å². The average molecular weight is 190 g/mol. The highest BCUT2D eigenvalue weighted by molar-refractivity contribution is 5.41.